The number of halogens is 2. The molecule has 1 aromatic heterocycles. The smallest absolute Gasteiger partial charge is 0.247 e. The fraction of sp³-hybridized carbons (Fsp3) is 0.200. The minimum atomic E-state index is -0.715. The van der Waals surface area contributed by atoms with Gasteiger partial charge in [0.25, 0.3) is 0 Å². The van der Waals surface area contributed by atoms with Crippen molar-refractivity contribution in [2.24, 2.45) is 0 Å². The molecule has 2 aromatic carbocycles. The van der Waals surface area contributed by atoms with E-state index in [1.165, 1.54) is 11.8 Å². The van der Waals surface area contributed by atoms with E-state index in [1.807, 2.05) is 43.5 Å². The van der Waals surface area contributed by atoms with Crippen molar-refractivity contribution in [3.63, 3.8) is 0 Å². The molecule has 0 saturated carbocycles. The topological polar surface area (TPSA) is 68.2 Å². The number of carbonyl (C=O) groups is 1. The van der Waals surface area contributed by atoms with Gasteiger partial charge in [-0.3, -0.25) is 9.69 Å². The van der Waals surface area contributed by atoms with Gasteiger partial charge in [0.05, 0.1) is 5.69 Å². The second-order valence-electron chi connectivity index (χ2n) is 6.25. The quantitative estimate of drug-likeness (QED) is 0.450. The van der Waals surface area contributed by atoms with Crippen LogP contribution in [0.5, 0.6) is 5.88 Å². The number of nitrogens with zero attached hydrogens (tertiary/aromatic N) is 4. The molecule has 1 atom stereocenters. The Bertz CT molecular complexity index is 1080. The van der Waals surface area contributed by atoms with E-state index in [4.69, 9.17) is 16.3 Å². The predicted molar refractivity (Wildman–Crippen MR) is 117 cm³/mol. The van der Waals surface area contributed by atoms with Crippen molar-refractivity contribution in [1.82, 2.24) is 15.2 Å². The highest BCUT2D eigenvalue weighted by atomic mass is 79.9. The number of anilines is 1. The Morgan fingerprint density at radius 3 is 2.69 bits per heavy atom. The third-order valence-electron chi connectivity index (χ3n) is 4.48. The Balaban J connectivity index is 1.99. The minimum absolute atomic E-state index is 0.0839. The molecule has 0 saturated heterocycles. The maximum absolute atomic E-state index is 13.0. The summed E-state index contributed by atoms with van der Waals surface area (Å²) in [6.45, 7) is 1.82. The van der Waals surface area contributed by atoms with Gasteiger partial charge < -0.3 is 4.74 Å². The zero-order valence-corrected chi connectivity index (χ0v) is 18.8. The van der Waals surface area contributed by atoms with Crippen molar-refractivity contribution in [3.8, 4) is 17.1 Å². The average Bonchev–Trinajstić information content (AvgIpc) is 2.87. The summed E-state index contributed by atoms with van der Waals surface area (Å²) in [5.41, 5.74) is 2.68. The number of fused-ring (bicyclic) bond motifs is 3. The van der Waals surface area contributed by atoms with Gasteiger partial charge in [-0.25, -0.2) is 0 Å². The Labute approximate surface area is 185 Å². The molecule has 4 rings (SSSR count). The van der Waals surface area contributed by atoms with E-state index >= 15 is 0 Å². The fourth-order valence-corrected chi connectivity index (χ4v) is 3.89. The lowest BCUT2D eigenvalue weighted by molar-refractivity contribution is -0.120. The van der Waals surface area contributed by atoms with Gasteiger partial charge in [0.15, 0.2) is 5.69 Å². The zero-order valence-electron chi connectivity index (χ0n) is 15.6. The molecule has 6 nitrogen and oxygen atoms in total. The first-order chi connectivity index (χ1) is 14.0. The van der Waals surface area contributed by atoms with Crippen LogP contribution in [0, 0.1) is 0 Å². The summed E-state index contributed by atoms with van der Waals surface area (Å²) in [4.78, 5) is 19.2. The lowest BCUT2D eigenvalue weighted by atomic mass is 10.1. The van der Waals surface area contributed by atoms with Crippen LogP contribution < -0.4 is 9.64 Å². The van der Waals surface area contributed by atoms with Crippen molar-refractivity contribution in [1.29, 1.82) is 0 Å². The van der Waals surface area contributed by atoms with Gasteiger partial charge in [-0.05, 0) is 36.6 Å². The van der Waals surface area contributed by atoms with Gasteiger partial charge in [-0.2, -0.15) is 4.98 Å². The monoisotopic (exact) mass is 490 g/mol. The van der Waals surface area contributed by atoms with Crippen LogP contribution in [0.25, 0.3) is 11.3 Å². The molecule has 29 heavy (non-hydrogen) atoms. The van der Waals surface area contributed by atoms with Crippen molar-refractivity contribution in [3.05, 3.63) is 57.5 Å². The molecule has 0 spiro atoms. The van der Waals surface area contributed by atoms with E-state index in [2.05, 4.69) is 31.1 Å². The summed E-state index contributed by atoms with van der Waals surface area (Å²) in [7, 11) is 0. The third-order valence-corrected chi connectivity index (χ3v) is 5.76. The summed E-state index contributed by atoms with van der Waals surface area (Å²) < 4.78 is 7.16. The third kappa shape index (κ3) is 3.84. The molecule has 0 N–H and O–H groups in total. The van der Waals surface area contributed by atoms with Crippen molar-refractivity contribution < 1.29 is 9.53 Å². The maximum atomic E-state index is 13.0. The molecular formula is C20H16BrClN4O2S. The highest BCUT2D eigenvalue weighted by Crippen LogP contribution is 2.44. The number of rotatable bonds is 3. The van der Waals surface area contributed by atoms with Gasteiger partial charge in [0, 0.05) is 27.0 Å². The normalized spacial score (nSPS) is 15.2. The van der Waals surface area contributed by atoms with Crippen LogP contribution in [0.1, 0.15) is 25.1 Å². The number of thioether (sulfide) groups is 1. The molecular weight excluding hydrogens is 476 g/mol. The minimum Gasteiger partial charge on any atom is -0.447 e. The van der Waals surface area contributed by atoms with Gasteiger partial charge in [-0.15, -0.1) is 10.2 Å². The highest BCUT2D eigenvalue weighted by molar-refractivity contribution is 9.10. The molecule has 0 fully saturated rings. The molecule has 1 aliphatic rings. The number of hydrogen-bond acceptors (Lipinski definition) is 6. The van der Waals surface area contributed by atoms with Crippen LogP contribution >= 0.6 is 39.3 Å². The molecule has 148 valence electrons. The number of carbonyl (C=O) groups excluding carboxylic acids is 1. The first kappa shape index (κ1) is 20.1. The van der Waals surface area contributed by atoms with Crippen molar-refractivity contribution >= 4 is 50.9 Å². The Morgan fingerprint density at radius 1 is 1.24 bits per heavy atom. The van der Waals surface area contributed by atoms with Crippen LogP contribution in [-0.4, -0.2) is 27.3 Å². The first-order valence-corrected chi connectivity index (χ1v) is 11.2. The number of ether oxygens (including phenoxy) is 1. The number of aromatic nitrogens is 3. The molecule has 0 bridgehead atoms. The predicted octanol–water partition coefficient (Wildman–Crippen LogP) is 5.51. The molecule has 3 aromatic rings. The average molecular weight is 492 g/mol. The van der Waals surface area contributed by atoms with E-state index in [0.717, 1.165) is 15.6 Å². The van der Waals surface area contributed by atoms with Crippen molar-refractivity contribution in [2.75, 3.05) is 11.2 Å². The highest BCUT2D eigenvalue weighted by Gasteiger charge is 2.35. The molecule has 1 amide bonds. The van der Waals surface area contributed by atoms with Crippen LogP contribution in [0.3, 0.4) is 0 Å². The van der Waals surface area contributed by atoms with Crippen molar-refractivity contribution in [2.45, 2.75) is 24.7 Å². The van der Waals surface area contributed by atoms with Crippen LogP contribution in [-0.2, 0) is 4.79 Å². The Hall–Kier alpha value is -2.16. The number of benzene rings is 2. The van der Waals surface area contributed by atoms with Gasteiger partial charge in [-0.1, -0.05) is 58.3 Å². The molecule has 2 heterocycles. The zero-order chi connectivity index (χ0) is 20.5. The summed E-state index contributed by atoms with van der Waals surface area (Å²) >= 11 is 10.9. The summed E-state index contributed by atoms with van der Waals surface area (Å²) in [6.07, 6.45) is 1.47. The Kier molecular flexibility index (Phi) is 5.76. The second kappa shape index (κ2) is 8.30. The lowest BCUT2D eigenvalue weighted by Crippen LogP contribution is -2.37. The standard InChI is InChI=1S/C20H16BrClN4O2S/c1-3-16(27)26-15-9-6-12(21)10-14(15)17-18(23-20(29-2)25-24-17)28-19(26)11-4-7-13(22)8-5-11/h4-10,19H,3H2,1-2H3/t19-/m0/s1. The summed E-state index contributed by atoms with van der Waals surface area (Å²) in [6, 6.07) is 12.9. The van der Waals surface area contributed by atoms with Gasteiger partial charge in [0.2, 0.25) is 23.2 Å². The van der Waals surface area contributed by atoms with E-state index < -0.39 is 6.23 Å². The lowest BCUT2D eigenvalue weighted by Gasteiger charge is -2.30. The van der Waals surface area contributed by atoms with Gasteiger partial charge >= 0.3 is 0 Å². The van der Waals surface area contributed by atoms with Gasteiger partial charge in [0.1, 0.15) is 0 Å². The largest absolute Gasteiger partial charge is 0.447 e. The fourth-order valence-electron chi connectivity index (χ4n) is 3.11. The molecule has 1 aliphatic heterocycles. The second-order valence-corrected chi connectivity index (χ2v) is 8.38. The number of hydrogen-bond donors (Lipinski definition) is 0. The van der Waals surface area contributed by atoms with E-state index in [-0.39, 0.29) is 5.91 Å². The van der Waals surface area contributed by atoms with E-state index in [0.29, 0.717) is 33.9 Å². The maximum Gasteiger partial charge on any atom is 0.247 e. The van der Waals surface area contributed by atoms with Crippen LogP contribution in [0.2, 0.25) is 5.02 Å². The molecule has 0 radical (unpaired) electrons. The van der Waals surface area contributed by atoms with Crippen LogP contribution in [0.15, 0.2) is 52.1 Å². The molecule has 9 heteroatoms. The number of amides is 1. The molecule has 0 aliphatic carbocycles. The van der Waals surface area contributed by atoms with E-state index in [1.54, 1.807) is 17.0 Å². The summed E-state index contributed by atoms with van der Waals surface area (Å²) in [5.74, 6) is 0.245. The summed E-state index contributed by atoms with van der Waals surface area (Å²) in [5, 5.41) is 9.62. The van der Waals surface area contributed by atoms with Crippen LogP contribution in [0.4, 0.5) is 5.69 Å². The Morgan fingerprint density at radius 2 is 2.00 bits per heavy atom. The van der Waals surface area contributed by atoms with E-state index in [9.17, 15) is 4.79 Å². The molecule has 0 unspecified atom stereocenters. The first-order valence-electron chi connectivity index (χ1n) is 8.84. The SMILES string of the molecule is CCC(=O)N1c2ccc(Br)cc2-c2nnc(SC)nc2O[C@H]1c1ccc(Cl)cc1.